The number of aromatic nitrogens is 1. The summed E-state index contributed by atoms with van der Waals surface area (Å²) in [5.41, 5.74) is 13.7. The first-order chi connectivity index (χ1) is 15.7. The van der Waals surface area contributed by atoms with Crippen LogP contribution in [-0.4, -0.2) is 59.7 Å². The van der Waals surface area contributed by atoms with E-state index in [1.165, 1.54) is 18.3 Å². The minimum atomic E-state index is -0.133. The van der Waals surface area contributed by atoms with Gasteiger partial charge in [-0.1, -0.05) is 12.1 Å². The number of nitrogens with two attached hydrogens (primary N) is 2. The Kier molecular flexibility index (Phi) is 12.5. The Morgan fingerprint density at radius 3 is 2.49 bits per heavy atom. The minimum Gasteiger partial charge on any atom is -0.370 e. The zero-order valence-corrected chi connectivity index (χ0v) is 22.8. The van der Waals surface area contributed by atoms with Gasteiger partial charge in [0.1, 0.15) is 0 Å². The molecule has 2 aromatic rings. The number of carbonyl (C=O) groups is 2. The van der Waals surface area contributed by atoms with Crippen LogP contribution < -0.4 is 16.8 Å². The first kappa shape index (κ1) is 30.6. The number of thiazole rings is 1. The van der Waals surface area contributed by atoms with Gasteiger partial charge in [-0.2, -0.15) is 0 Å². The third-order valence-electron chi connectivity index (χ3n) is 5.57. The van der Waals surface area contributed by atoms with E-state index in [4.69, 9.17) is 16.5 Å². The maximum atomic E-state index is 12.5. The summed E-state index contributed by atoms with van der Waals surface area (Å²) in [5, 5.41) is 3.44. The van der Waals surface area contributed by atoms with Gasteiger partial charge in [-0.15, -0.1) is 36.2 Å². The molecule has 1 fully saturated rings. The minimum absolute atomic E-state index is 0. The van der Waals surface area contributed by atoms with E-state index in [0.717, 1.165) is 61.5 Å². The number of hydrogen-bond donors (Lipinski definition) is 3. The van der Waals surface area contributed by atoms with E-state index in [0.29, 0.717) is 10.8 Å². The Bertz CT molecular complexity index is 1010. The number of nitrogens with zero attached hydrogens (tertiary/aromatic N) is 4. The highest BCUT2D eigenvalue weighted by atomic mass is 35.5. The van der Waals surface area contributed by atoms with Crippen molar-refractivity contribution in [3.63, 3.8) is 0 Å². The lowest BCUT2D eigenvalue weighted by atomic mass is 9.96. The number of likely N-dealkylation sites (tertiary alicyclic amines) is 1. The molecule has 194 valence electrons. The number of aliphatic imine (C=N–C) groups is 1. The molecule has 9 nitrogen and oxygen atoms in total. The maximum Gasteiger partial charge on any atom is 0.226 e. The summed E-state index contributed by atoms with van der Waals surface area (Å²) < 4.78 is 0. The second kappa shape index (κ2) is 14.2. The first-order valence-corrected chi connectivity index (χ1v) is 11.9. The first-order valence-electron chi connectivity index (χ1n) is 11.1. The Morgan fingerprint density at radius 1 is 1.20 bits per heavy atom. The van der Waals surface area contributed by atoms with Gasteiger partial charge in [0.15, 0.2) is 11.1 Å². The van der Waals surface area contributed by atoms with Crippen molar-refractivity contribution in [2.75, 3.05) is 32.5 Å². The normalized spacial score (nSPS) is 15.3. The largest absolute Gasteiger partial charge is 0.370 e. The lowest BCUT2D eigenvalue weighted by molar-refractivity contribution is -0.134. The third kappa shape index (κ3) is 9.29. The fourth-order valence-corrected chi connectivity index (χ4v) is 5.12. The van der Waals surface area contributed by atoms with Crippen molar-refractivity contribution in [1.29, 1.82) is 0 Å². The molecule has 0 saturated carbocycles. The molecule has 0 unspecified atom stereocenters. The molecule has 2 amide bonds. The van der Waals surface area contributed by atoms with Crippen LogP contribution in [0.4, 0.5) is 10.8 Å². The molecule has 35 heavy (non-hydrogen) atoms. The molecule has 5 N–H and O–H groups in total. The summed E-state index contributed by atoms with van der Waals surface area (Å²) in [7, 11) is 3.62. The third-order valence-corrected chi connectivity index (χ3v) is 6.57. The molecule has 0 aliphatic carbocycles. The average molecular weight is 545 g/mol. The van der Waals surface area contributed by atoms with Crippen molar-refractivity contribution in [2.24, 2.45) is 22.4 Å². The SMILES string of the molecule is CC(=O)Nc1nc(CCc2ccc(N=C(N)N)cc2)c(CN2CCC[C@@H](C(=O)N(C)C)C2)s1.Cl.Cl. The molecule has 1 aromatic heterocycles. The molecule has 1 atom stereocenters. The number of carbonyl (C=O) groups excluding carboxylic acids is 2. The van der Waals surface area contributed by atoms with Crippen molar-refractivity contribution in [3.05, 3.63) is 40.4 Å². The molecule has 1 aliphatic heterocycles. The highest BCUT2D eigenvalue weighted by molar-refractivity contribution is 7.15. The predicted octanol–water partition coefficient (Wildman–Crippen LogP) is 2.94. The number of piperidine rings is 1. The number of amides is 2. The smallest absolute Gasteiger partial charge is 0.226 e. The second-order valence-corrected chi connectivity index (χ2v) is 9.66. The highest BCUT2D eigenvalue weighted by Crippen LogP contribution is 2.28. The fraction of sp³-hybridized carbons (Fsp3) is 0.478. The van der Waals surface area contributed by atoms with Crippen LogP contribution in [0.5, 0.6) is 0 Å². The average Bonchev–Trinajstić information content (AvgIpc) is 3.12. The standard InChI is InChI=1S/C23H33N7O2S.2ClH/c1-15(31)26-23-28-19(11-8-16-6-9-18(10-7-16)27-22(24)25)20(33-23)14-30-12-4-5-17(13-30)21(32)29(2)3;;/h6-7,9-10,17H,4-5,8,11-14H2,1-3H3,(H4,24,25,27)(H,26,28,31);2*1H/t17-;;/m1../s1. The van der Waals surface area contributed by atoms with Crippen molar-refractivity contribution in [1.82, 2.24) is 14.8 Å². The second-order valence-electron chi connectivity index (χ2n) is 8.58. The molecule has 2 heterocycles. The molecule has 0 radical (unpaired) electrons. The summed E-state index contributed by atoms with van der Waals surface area (Å²) >= 11 is 1.52. The van der Waals surface area contributed by atoms with Crippen LogP contribution >= 0.6 is 36.2 Å². The van der Waals surface area contributed by atoms with Crippen molar-refractivity contribution in [3.8, 4) is 0 Å². The van der Waals surface area contributed by atoms with Gasteiger partial charge >= 0.3 is 0 Å². The van der Waals surface area contributed by atoms with E-state index in [-0.39, 0.29) is 48.5 Å². The number of aryl methyl sites for hydroxylation is 2. The van der Waals surface area contributed by atoms with Crippen molar-refractivity contribution >= 4 is 64.7 Å². The Morgan fingerprint density at radius 2 is 1.89 bits per heavy atom. The van der Waals surface area contributed by atoms with Gasteiger partial charge in [0.25, 0.3) is 0 Å². The summed E-state index contributed by atoms with van der Waals surface area (Å²) in [5.74, 6) is 0.121. The van der Waals surface area contributed by atoms with Gasteiger partial charge in [0, 0.05) is 39.0 Å². The monoisotopic (exact) mass is 543 g/mol. The van der Waals surface area contributed by atoms with Crippen LogP contribution in [0.15, 0.2) is 29.3 Å². The van der Waals surface area contributed by atoms with Crippen molar-refractivity contribution in [2.45, 2.75) is 39.2 Å². The Balaban J connectivity index is 0.00000306. The number of halogens is 2. The van der Waals surface area contributed by atoms with E-state index in [1.807, 2.05) is 38.4 Å². The van der Waals surface area contributed by atoms with Crippen LogP contribution in [0.3, 0.4) is 0 Å². The molecule has 1 saturated heterocycles. The summed E-state index contributed by atoms with van der Waals surface area (Å²) in [6.07, 6.45) is 3.48. The van der Waals surface area contributed by atoms with Crippen LogP contribution in [0.1, 0.15) is 35.9 Å². The van der Waals surface area contributed by atoms with E-state index in [9.17, 15) is 9.59 Å². The summed E-state index contributed by atoms with van der Waals surface area (Å²) in [4.78, 5) is 37.9. The molecular formula is C23H35Cl2N7O2S. The lowest BCUT2D eigenvalue weighted by Crippen LogP contribution is -2.42. The highest BCUT2D eigenvalue weighted by Gasteiger charge is 2.27. The Labute approximate surface area is 223 Å². The van der Waals surface area contributed by atoms with Crippen LogP contribution in [0.25, 0.3) is 0 Å². The van der Waals surface area contributed by atoms with Gasteiger partial charge in [-0.05, 0) is 49.9 Å². The van der Waals surface area contributed by atoms with Gasteiger partial charge in [-0.25, -0.2) is 9.98 Å². The fourth-order valence-electron chi connectivity index (χ4n) is 4.02. The molecule has 0 bridgehead atoms. The van der Waals surface area contributed by atoms with Crippen LogP contribution in [-0.2, 0) is 29.0 Å². The maximum absolute atomic E-state index is 12.5. The zero-order valence-electron chi connectivity index (χ0n) is 20.3. The molecular weight excluding hydrogens is 509 g/mol. The number of benzene rings is 1. The zero-order chi connectivity index (χ0) is 24.0. The number of hydrogen-bond acceptors (Lipinski definition) is 6. The van der Waals surface area contributed by atoms with E-state index >= 15 is 0 Å². The summed E-state index contributed by atoms with van der Waals surface area (Å²) in [6.45, 7) is 3.92. The predicted molar refractivity (Wildman–Crippen MR) is 147 cm³/mol. The summed E-state index contributed by atoms with van der Waals surface area (Å²) in [6, 6.07) is 7.78. The quantitative estimate of drug-likeness (QED) is 0.346. The molecule has 1 aromatic carbocycles. The van der Waals surface area contributed by atoms with E-state index in [1.54, 1.807) is 4.90 Å². The van der Waals surface area contributed by atoms with Crippen LogP contribution in [0.2, 0.25) is 0 Å². The van der Waals surface area contributed by atoms with Crippen LogP contribution in [0, 0.1) is 5.92 Å². The number of anilines is 1. The van der Waals surface area contributed by atoms with E-state index < -0.39 is 0 Å². The number of nitrogens with one attached hydrogen (secondary N) is 1. The van der Waals surface area contributed by atoms with E-state index in [2.05, 4.69) is 15.2 Å². The Hall–Kier alpha value is -2.40. The number of guanidine groups is 1. The lowest BCUT2D eigenvalue weighted by Gasteiger charge is -2.33. The molecule has 12 heteroatoms. The van der Waals surface area contributed by atoms with Gasteiger partial charge in [-0.3, -0.25) is 14.5 Å². The van der Waals surface area contributed by atoms with Crippen molar-refractivity contribution < 1.29 is 9.59 Å². The number of rotatable bonds is 8. The molecule has 3 rings (SSSR count). The van der Waals surface area contributed by atoms with Gasteiger partial charge in [0.05, 0.1) is 17.3 Å². The van der Waals surface area contributed by atoms with Gasteiger partial charge in [0.2, 0.25) is 11.8 Å². The van der Waals surface area contributed by atoms with Gasteiger partial charge < -0.3 is 21.7 Å². The molecule has 0 spiro atoms. The topological polar surface area (TPSA) is 130 Å². The molecule has 1 aliphatic rings.